The zero-order valence-corrected chi connectivity index (χ0v) is 17.7. The fourth-order valence-corrected chi connectivity index (χ4v) is 4.24. The molecule has 0 saturated heterocycles. The molecule has 2 rings (SSSR count). The van der Waals surface area contributed by atoms with Crippen LogP contribution >= 0.6 is 23.2 Å². The minimum absolute atomic E-state index is 0.206. The van der Waals surface area contributed by atoms with E-state index in [1.54, 1.807) is 12.1 Å². The Balaban J connectivity index is 2.51. The van der Waals surface area contributed by atoms with Gasteiger partial charge in [-0.3, -0.25) is 0 Å². The molecule has 0 spiro atoms. The quantitative estimate of drug-likeness (QED) is 0.587. The highest BCUT2D eigenvalue weighted by atomic mass is 35.5. The van der Waals surface area contributed by atoms with Crippen LogP contribution in [-0.4, -0.2) is 29.7 Å². The van der Waals surface area contributed by atoms with E-state index in [1.807, 2.05) is 0 Å². The molecule has 9 heteroatoms. The molecule has 2 aromatic carbocycles. The topological polar surface area (TPSA) is 85.6 Å². The Morgan fingerprint density at radius 2 is 1.64 bits per heavy atom. The van der Waals surface area contributed by atoms with E-state index in [4.69, 9.17) is 37.4 Å². The second-order valence-electron chi connectivity index (χ2n) is 5.56. The molecule has 2 aromatic rings. The van der Waals surface area contributed by atoms with Gasteiger partial charge in [-0.15, -0.1) is 0 Å². The van der Waals surface area contributed by atoms with Crippen molar-refractivity contribution in [1.29, 1.82) is 5.26 Å². The van der Waals surface area contributed by atoms with E-state index in [2.05, 4.69) is 0 Å². The number of benzene rings is 2. The van der Waals surface area contributed by atoms with Gasteiger partial charge in [-0.25, -0.2) is 8.42 Å². The van der Waals surface area contributed by atoms with Crippen LogP contribution in [0.1, 0.15) is 11.1 Å². The van der Waals surface area contributed by atoms with Crippen molar-refractivity contribution >= 4 is 39.1 Å². The molecule has 0 aliphatic carbocycles. The van der Waals surface area contributed by atoms with Gasteiger partial charge in [0.15, 0.2) is 21.3 Å². The van der Waals surface area contributed by atoms with Gasteiger partial charge in [0.2, 0.25) is 0 Å². The van der Waals surface area contributed by atoms with Crippen LogP contribution in [-0.2, 0) is 15.6 Å². The third-order valence-corrected chi connectivity index (χ3v) is 5.99. The molecule has 6 nitrogen and oxygen atoms in total. The van der Waals surface area contributed by atoms with Gasteiger partial charge in [-0.05, 0) is 29.8 Å². The molecule has 0 aliphatic heterocycles. The average molecular weight is 442 g/mol. The summed E-state index contributed by atoms with van der Waals surface area (Å²) in [7, 11) is 0.362. The molecule has 0 aromatic heterocycles. The number of ether oxygens (including phenoxy) is 3. The molecule has 148 valence electrons. The van der Waals surface area contributed by atoms with Gasteiger partial charge in [-0.2, -0.15) is 5.26 Å². The molecule has 0 aliphatic rings. The highest BCUT2D eigenvalue weighted by molar-refractivity contribution is 7.95. The van der Waals surface area contributed by atoms with E-state index >= 15 is 0 Å². The van der Waals surface area contributed by atoms with E-state index in [0.717, 1.165) is 0 Å². The van der Waals surface area contributed by atoms with Crippen LogP contribution in [0, 0.1) is 11.3 Å². The molecular formula is C19H17Cl2NO5S. The maximum absolute atomic E-state index is 12.8. The molecule has 0 heterocycles. The van der Waals surface area contributed by atoms with Gasteiger partial charge >= 0.3 is 0 Å². The summed E-state index contributed by atoms with van der Waals surface area (Å²) in [6.07, 6.45) is 1.22. The molecule has 0 radical (unpaired) electrons. The largest absolute Gasteiger partial charge is 0.496 e. The number of rotatable bonds is 7. The van der Waals surface area contributed by atoms with Gasteiger partial charge in [0.25, 0.3) is 0 Å². The van der Waals surface area contributed by atoms with Gasteiger partial charge in [0.1, 0.15) is 16.7 Å². The number of sulfone groups is 1. The summed E-state index contributed by atoms with van der Waals surface area (Å²) in [6.45, 7) is 0. The van der Waals surface area contributed by atoms with Gasteiger partial charge in [-0.1, -0.05) is 29.3 Å². The minimum Gasteiger partial charge on any atom is -0.496 e. The Morgan fingerprint density at radius 3 is 2.18 bits per heavy atom. The smallest absolute Gasteiger partial charge is 0.192 e. The number of nitrogens with zero attached hydrogens (tertiary/aromatic N) is 1. The van der Waals surface area contributed by atoms with E-state index in [0.29, 0.717) is 33.4 Å². The van der Waals surface area contributed by atoms with E-state index in [9.17, 15) is 13.7 Å². The van der Waals surface area contributed by atoms with Crippen molar-refractivity contribution in [2.45, 2.75) is 5.75 Å². The van der Waals surface area contributed by atoms with Gasteiger partial charge < -0.3 is 14.2 Å². The van der Waals surface area contributed by atoms with Crippen molar-refractivity contribution in [1.82, 2.24) is 0 Å². The maximum atomic E-state index is 12.8. The Bertz CT molecular complexity index is 1060. The number of allylic oxidation sites excluding steroid dienone is 1. The van der Waals surface area contributed by atoms with E-state index in [1.165, 1.54) is 51.7 Å². The van der Waals surface area contributed by atoms with Crippen LogP contribution in [0.4, 0.5) is 0 Å². The molecule has 0 bridgehead atoms. The van der Waals surface area contributed by atoms with Crippen LogP contribution in [0.3, 0.4) is 0 Å². The Kier molecular flexibility index (Phi) is 7.19. The van der Waals surface area contributed by atoms with Crippen molar-refractivity contribution in [3.05, 3.63) is 56.4 Å². The van der Waals surface area contributed by atoms with Crippen LogP contribution < -0.4 is 14.2 Å². The van der Waals surface area contributed by atoms with E-state index < -0.39 is 20.5 Å². The first-order valence-corrected chi connectivity index (χ1v) is 10.2. The highest BCUT2D eigenvalue weighted by Gasteiger charge is 2.22. The maximum Gasteiger partial charge on any atom is 0.192 e. The lowest BCUT2D eigenvalue weighted by Gasteiger charge is -2.12. The van der Waals surface area contributed by atoms with Crippen molar-refractivity contribution in [2.75, 3.05) is 21.3 Å². The number of nitriles is 1. The highest BCUT2D eigenvalue weighted by Crippen LogP contribution is 2.36. The zero-order valence-electron chi connectivity index (χ0n) is 15.3. The standard InChI is InChI=1S/C19H17Cl2NO5S/c1-25-17-9-19(27-3)18(26-2)7-13(17)6-15(10-22)28(23,24)11-12-4-5-14(20)8-16(12)21/h4-9H,11H2,1-3H3/b15-6-. The number of hydrogen-bond donors (Lipinski definition) is 0. The summed E-state index contributed by atoms with van der Waals surface area (Å²) >= 11 is 11.9. The van der Waals surface area contributed by atoms with Crippen molar-refractivity contribution in [3.63, 3.8) is 0 Å². The number of methoxy groups -OCH3 is 3. The first-order valence-electron chi connectivity index (χ1n) is 7.84. The summed E-state index contributed by atoms with van der Waals surface area (Å²) in [5.74, 6) is 0.652. The zero-order chi connectivity index (χ0) is 20.9. The summed E-state index contributed by atoms with van der Waals surface area (Å²) in [4.78, 5) is -0.441. The lowest BCUT2D eigenvalue weighted by atomic mass is 10.1. The minimum atomic E-state index is -3.97. The Hall–Kier alpha value is -2.40. The summed E-state index contributed by atoms with van der Waals surface area (Å²) in [6, 6.07) is 9.29. The number of hydrogen-bond acceptors (Lipinski definition) is 6. The van der Waals surface area contributed by atoms with Crippen molar-refractivity contribution < 1.29 is 22.6 Å². The van der Waals surface area contributed by atoms with Crippen LogP contribution in [0.25, 0.3) is 6.08 Å². The first kappa shape index (κ1) is 21.9. The lowest BCUT2D eigenvalue weighted by Crippen LogP contribution is -2.07. The van der Waals surface area contributed by atoms with Gasteiger partial charge in [0, 0.05) is 21.7 Å². The fourth-order valence-electron chi connectivity index (χ4n) is 2.42. The Morgan fingerprint density at radius 1 is 1.04 bits per heavy atom. The molecule has 0 amide bonds. The molecule has 0 fully saturated rings. The second kappa shape index (κ2) is 9.20. The third-order valence-electron chi connectivity index (χ3n) is 3.83. The predicted molar refractivity (Wildman–Crippen MR) is 109 cm³/mol. The third kappa shape index (κ3) is 4.90. The predicted octanol–water partition coefficient (Wildman–Crippen LogP) is 4.50. The van der Waals surface area contributed by atoms with Crippen LogP contribution in [0.5, 0.6) is 17.2 Å². The molecule has 0 saturated carbocycles. The normalized spacial score (nSPS) is 11.6. The summed E-state index contributed by atoms with van der Waals surface area (Å²) in [5, 5.41) is 10.0. The molecule has 0 atom stereocenters. The molecular weight excluding hydrogens is 425 g/mol. The van der Waals surface area contributed by atoms with Crippen molar-refractivity contribution in [2.24, 2.45) is 0 Å². The van der Waals surface area contributed by atoms with Crippen molar-refractivity contribution in [3.8, 4) is 23.3 Å². The lowest BCUT2D eigenvalue weighted by molar-refractivity contribution is 0.348. The molecule has 0 unspecified atom stereocenters. The van der Waals surface area contributed by atoms with Gasteiger partial charge in [0.05, 0.1) is 27.1 Å². The van der Waals surface area contributed by atoms with Crippen LogP contribution in [0.2, 0.25) is 10.0 Å². The fraction of sp³-hybridized carbons (Fsp3) is 0.211. The summed E-state index contributed by atoms with van der Waals surface area (Å²) in [5.41, 5.74) is 0.689. The SMILES string of the molecule is COc1cc(OC)c(OC)cc1/C=C(/C#N)S(=O)(=O)Cc1ccc(Cl)cc1Cl. The van der Waals surface area contributed by atoms with Crippen LogP contribution in [0.15, 0.2) is 35.2 Å². The average Bonchev–Trinajstić information content (AvgIpc) is 2.67. The Labute approximate surface area is 173 Å². The molecule has 0 N–H and O–H groups in total. The summed E-state index contributed by atoms with van der Waals surface area (Å²) < 4.78 is 41.2. The second-order valence-corrected chi connectivity index (χ2v) is 8.37. The first-order chi connectivity index (χ1) is 13.2. The monoisotopic (exact) mass is 441 g/mol. The molecule has 28 heavy (non-hydrogen) atoms. The number of halogens is 2. The van der Waals surface area contributed by atoms with E-state index in [-0.39, 0.29) is 5.02 Å².